The van der Waals surface area contributed by atoms with E-state index in [0.29, 0.717) is 6.42 Å². The minimum atomic E-state index is -4.18. The Hall–Kier alpha value is -0.800. The third-order valence-electron chi connectivity index (χ3n) is 2.00. The van der Waals surface area contributed by atoms with Crippen molar-refractivity contribution in [3.63, 3.8) is 0 Å². The summed E-state index contributed by atoms with van der Waals surface area (Å²) in [5, 5.41) is 0. The summed E-state index contributed by atoms with van der Waals surface area (Å²) in [6, 6.07) is 0. The fourth-order valence-electron chi connectivity index (χ4n) is 1.21. The van der Waals surface area contributed by atoms with Gasteiger partial charge in [0.25, 0.3) is 0 Å². The van der Waals surface area contributed by atoms with Crippen LogP contribution in [-0.2, 0) is 4.79 Å². The van der Waals surface area contributed by atoms with Crippen molar-refractivity contribution in [3.8, 4) is 0 Å². The van der Waals surface area contributed by atoms with Crippen LogP contribution in [0.25, 0.3) is 0 Å². The summed E-state index contributed by atoms with van der Waals surface area (Å²) < 4.78 is 36.9. The van der Waals surface area contributed by atoms with Crippen LogP contribution in [-0.4, -0.2) is 12.0 Å². The van der Waals surface area contributed by atoms with Gasteiger partial charge in [0.1, 0.15) is 5.78 Å². The highest BCUT2D eigenvalue weighted by molar-refractivity contribution is 5.75. The number of carbonyl (C=O) groups is 1. The van der Waals surface area contributed by atoms with Crippen molar-refractivity contribution < 1.29 is 18.0 Å². The average Bonchev–Trinajstić information content (AvgIpc) is 2.00. The van der Waals surface area contributed by atoms with Crippen molar-refractivity contribution in [2.75, 3.05) is 0 Å². The smallest absolute Gasteiger partial charge is 0.300 e. The molecule has 0 spiro atoms. The summed E-state index contributed by atoms with van der Waals surface area (Å²) >= 11 is 0. The van der Waals surface area contributed by atoms with Crippen molar-refractivity contribution >= 4 is 5.78 Å². The third kappa shape index (κ3) is 5.78. The van der Waals surface area contributed by atoms with E-state index in [4.69, 9.17) is 0 Å². The molecular weight excluding hydrogens is 193 g/mol. The maximum Gasteiger partial charge on any atom is 0.392 e. The monoisotopic (exact) mass is 208 g/mol. The van der Waals surface area contributed by atoms with E-state index in [1.165, 1.54) is 13.0 Å². The molecule has 0 fully saturated rings. The highest BCUT2D eigenvalue weighted by atomic mass is 19.4. The zero-order valence-corrected chi connectivity index (χ0v) is 8.23. The van der Waals surface area contributed by atoms with E-state index in [1.54, 1.807) is 0 Å². The maximum atomic E-state index is 12.3. The number of carbonyl (C=O) groups excluding carboxylic acids is 1. The van der Waals surface area contributed by atoms with Gasteiger partial charge in [-0.3, -0.25) is 0 Å². The van der Waals surface area contributed by atoms with Gasteiger partial charge in [0.05, 0.1) is 5.92 Å². The number of halogens is 3. The van der Waals surface area contributed by atoms with E-state index < -0.39 is 12.1 Å². The van der Waals surface area contributed by atoms with Crippen LogP contribution in [0.4, 0.5) is 13.2 Å². The molecule has 0 aliphatic rings. The summed E-state index contributed by atoms with van der Waals surface area (Å²) in [6.45, 7) is 4.68. The van der Waals surface area contributed by atoms with Gasteiger partial charge in [-0.1, -0.05) is 6.08 Å². The van der Waals surface area contributed by atoms with E-state index in [2.05, 4.69) is 6.58 Å². The van der Waals surface area contributed by atoms with E-state index in [1.807, 2.05) is 0 Å². The summed E-state index contributed by atoms with van der Waals surface area (Å²) in [5.41, 5.74) is 0. The first kappa shape index (κ1) is 13.2. The lowest BCUT2D eigenvalue weighted by atomic mass is 9.97. The SMILES string of the molecule is C=CC[C@@H](CCCC(C)=O)C(F)(F)F. The molecule has 0 saturated carbocycles. The molecule has 14 heavy (non-hydrogen) atoms. The second-order valence-corrected chi connectivity index (χ2v) is 3.36. The molecule has 0 rings (SSSR count). The number of hydrogen-bond acceptors (Lipinski definition) is 1. The second kappa shape index (κ2) is 5.83. The van der Waals surface area contributed by atoms with Gasteiger partial charge in [-0.25, -0.2) is 0 Å². The molecule has 0 aromatic rings. The molecule has 0 aliphatic heterocycles. The molecule has 0 aromatic carbocycles. The molecule has 0 radical (unpaired) electrons. The number of rotatable bonds is 6. The Morgan fingerprint density at radius 2 is 2.07 bits per heavy atom. The van der Waals surface area contributed by atoms with Gasteiger partial charge in [-0.2, -0.15) is 13.2 Å². The fourth-order valence-corrected chi connectivity index (χ4v) is 1.21. The van der Waals surface area contributed by atoms with Crippen LogP contribution in [0.3, 0.4) is 0 Å². The van der Waals surface area contributed by atoms with Crippen molar-refractivity contribution in [2.45, 2.75) is 38.8 Å². The Morgan fingerprint density at radius 1 is 1.50 bits per heavy atom. The van der Waals surface area contributed by atoms with Crippen LogP contribution in [0.1, 0.15) is 32.6 Å². The second-order valence-electron chi connectivity index (χ2n) is 3.36. The van der Waals surface area contributed by atoms with Gasteiger partial charge in [-0.05, 0) is 26.2 Å². The van der Waals surface area contributed by atoms with E-state index in [9.17, 15) is 18.0 Å². The van der Waals surface area contributed by atoms with Gasteiger partial charge >= 0.3 is 6.18 Å². The minimum Gasteiger partial charge on any atom is -0.300 e. The van der Waals surface area contributed by atoms with E-state index in [0.717, 1.165) is 0 Å². The number of alkyl halides is 3. The van der Waals surface area contributed by atoms with Crippen LogP contribution in [0, 0.1) is 5.92 Å². The predicted octanol–water partition coefficient (Wildman–Crippen LogP) is 3.50. The van der Waals surface area contributed by atoms with Crippen LogP contribution in [0.15, 0.2) is 12.7 Å². The van der Waals surface area contributed by atoms with Crippen LogP contribution >= 0.6 is 0 Å². The molecule has 1 nitrogen and oxygen atoms in total. The Bertz CT molecular complexity index is 196. The summed E-state index contributed by atoms with van der Waals surface area (Å²) in [5.74, 6) is -1.41. The van der Waals surface area contributed by atoms with Crippen LogP contribution in [0.5, 0.6) is 0 Å². The highest BCUT2D eigenvalue weighted by Gasteiger charge is 2.37. The fraction of sp³-hybridized carbons (Fsp3) is 0.700. The molecule has 0 bridgehead atoms. The zero-order chi connectivity index (χ0) is 11.2. The summed E-state index contributed by atoms with van der Waals surface area (Å²) in [7, 11) is 0. The van der Waals surface area contributed by atoms with Crippen LogP contribution in [0.2, 0.25) is 0 Å². The van der Waals surface area contributed by atoms with Gasteiger partial charge in [-0.15, -0.1) is 6.58 Å². The van der Waals surface area contributed by atoms with Gasteiger partial charge in [0.2, 0.25) is 0 Å². The lowest BCUT2D eigenvalue weighted by Gasteiger charge is -2.18. The third-order valence-corrected chi connectivity index (χ3v) is 2.00. The number of ketones is 1. The van der Waals surface area contributed by atoms with E-state index in [-0.39, 0.29) is 25.0 Å². The Kier molecular flexibility index (Phi) is 5.50. The first-order valence-corrected chi connectivity index (χ1v) is 4.55. The molecule has 0 unspecified atom stereocenters. The lowest BCUT2D eigenvalue weighted by Crippen LogP contribution is -2.22. The van der Waals surface area contributed by atoms with Gasteiger partial charge in [0, 0.05) is 6.42 Å². The Labute approximate surface area is 82.0 Å². The average molecular weight is 208 g/mol. The quantitative estimate of drug-likeness (QED) is 0.610. The molecule has 1 atom stereocenters. The molecule has 82 valence electrons. The summed E-state index contributed by atoms with van der Waals surface area (Å²) in [4.78, 5) is 10.5. The first-order chi connectivity index (χ1) is 6.38. The minimum absolute atomic E-state index is 0.00903. The molecule has 0 saturated heterocycles. The standard InChI is InChI=1S/C10H15F3O/c1-3-5-9(10(11,12)13)7-4-6-8(2)14/h3,9H,1,4-7H2,2H3/t9-/m0/s1. The number of hydrogen-bond donors (Lipinski definition) is 0. The maximum absolute atomic E-state index is 12.3. The van der Waals surface area contributed by atoms with Crippen molar-refractivity contribution in [1.82, 2.24) is 0 Å². The summed E-state index contributed by atoms with van der Waals surface area (Å²) in [6.07, 6.45) is -2.44. The molecule has 4 heteroatoms. The Balaban J connectivity index is 3.97. The zero-order valence-electron chi connectivity index (χ0n) is 8.23. The molecule has 0 N–H and O–H groups in total. The van der Waals surface area contributed by atoms with Gasteiger partial charge in [0.15, 0.2) is 0 Å². The first-order valence-electron chi connectivity index (χ1n) is 4.55. The molecule has 0 heterocycles. The number of Topliss-reactive ketones (excluding diaryl/α,β-unsaturated/α-hetero) is 1. The van der Waals surface area contributed by atoms with Crippen molar-refractivity contribution in [2.24, 2.45) is 5.92 Å². The Morgan fingerprint density at radius 3 is 2.43 bits per heavy atom. The number of allylic oxidation sites excluding steroid dienone is 1. The van der Waals surface area contributed by atoms with Crippen molar-refractivity contribution in [3.05, 3.63) is 12.7 Å². The predicted molar refractivity (Wildman–Crippen MR) is 48.9 cm³/mol. The molecular formula is C10H15F3O. The topological polar surface area (TPSA) is 17.1 Å². The lowest BCUT2D eigenvalue weighted by molar-refractivity contribution is -0.175. The van der Waals surface area contributed by atoms with E-state index >= 15 is 0 Å². The van der Waals surface area contributed by atoms with Crippen molar-refractivity contribution in [1.29, 1.82) is 0 Å². The normalized spacial score (nSPS) is 13.7. The van der Waals surface area contributed by atoms with Crippen LogP contribution < -0.4 is 0 Å². The molecule has 0 aromatic heterocycles. The molecule has 0 aliphatic carbocycles. The largest absolute Gasteiger partial charge is 0.392 e. The molecule has 0 amide bonds. The van der Waals surface area contributed by atoms with Gasteiger partial charge < -0.3 is 4.79 Å². The highest BCUT2D eigenvalue weighted by Crippen LogP contribution is 2.32.